The van der Waals surface area contributed by atoms with Crippen LogP contribution >= 0.6 is 0 Å². The molecule has 2 aromatic carbocycles. The number of hydrogen-bond acceptors (Lipinski definition) is 4. The van der Waals surface area contributed by atoms with Gasteiger partial charge in [-0.15, -0.1) is 0 Å². The van der Waals surface area contributed by atoms with Gasteiger partial charge in [-0.2, -0.15) is 18.4 Å². The number of hydrogen-bond donors (Lipinski definition) is 2. The Morgan fingerprint density at radius 2 is 1.84 bits per heavy atom. The average Bonchev–Trinajstić information content (AvgIpc) is 2.75. The number of alkyl halides is 3. The molecule has 31 heavy (non-hydrogen) atoms. The molecule has 2 aromatic rings. The van der Waals surface area contributed by atoms with Gasteiger partial charge in [-0.05, 0) is 35.9 Å². The molecule has 0 spiro atoms. The van der Waals surface area contributed by atoms with Gasteiger partial charge >= 0.3 is 12.2 Å². The molecule has 10 heteroatoms. The van der Waals surface area contributed by atoms with E-state index in [1.807, 2.05) is 6.07 Å². The maximum absolute atomic E-state index is 13.2. The molecule has 0 aromatic heterocycles. The third-order valence-corrected chi connectivity index (χ3v) is 5.17. The molecule has 0 saturated heterocycles. The molecule has 2 N–H and O–H groups in total. The number of anilines is 1. The predicted octanol–water partition coefficient (Wildman–Crippen LogP) is 3.72. The van der Waals surface area contributed by atoms with Crippen molar-refractivity contribution >= 4 is 17.6 Å². The van der Waals surface area contributed by atoms with Crippen LogP contribution in [0.2, 0.25) is 0 Å². The molecular formula is C21H15F3N4O3. The maximum Gasteiger partial charge on any atom is 0.416 e. The van der Waals surface area contributed by atoms with Crippen LogP contribution < -0.4 is 10.2 Å². The fourth-order valence-corrected chi connectivity index (χ4v) is 3.71. The number of carbonyl (C=O) groups excluding carboxylic acids is 2. The van der Waals surface area contributed by atoms with Crippen LogP contribution in [0.3, 0.4) is 0 Å². The van der Waals surface area contributed by atoms with E-state index in [1.54, 1.807) is 12.1 Å². The normalized spacial score (nSPS) is 19.1. The van der Waals surface area contributed by atoms with Gasteiger partial charge in [0.1, 0.15) is 0 Å². The number of hydroxylamine groups is 2. The molecule has 1 atom stereocenters. The number of urea groups is 1. The Morgan fingerprint density at radius 3 is 2.48 bits per heavy atom. The van der Waals surface area contributed by atoms with E-state index < -0.39 is 29.7 Å². The van der Waals surface area contributed by atoms with Crippen LogP contribution in [0.25, 0.3) is 0 Å². The first-order valence-corrected chi connectivity index (χ1v) is 9.22. The van der Waals surface area contributed by atoms with E-state index in [0.29, 0.717) is 16.2 Å². The number of nitrogens with one attached hydrogen (secondary N) is 1. The summed E-state index contributed by atoms with van der Waals surface area (Å²) in [5, 5.41) is 22.1. The van der Waals surface area contributed by atoms with E-state index in [0.717, 1.165) is 17.0 Å². The first-order chi connectivity index (χ1) is 14.7. The Hall–Kier alpha value is -3.84. The molecule has 7 nitrogen and oxygen atoms in total. The van der Waals surface area contributed by atoms with Gasteiger partial charge in [0.05, 0.1) is 41.0 Å². The topological polar surface area (TPSA) is 96.7 Å². The van der Waals surface area contributed by atoms with Gasteiger partial charge in [0.2, 0.25) is 0 Å². The number of amides is 3. The largest absolute Gasteiger partial charge is 0.416 e. The molecule has 2 aliphatic rings. The molecule has 0 fully saturated rings. The Morgan fingerprint density at radius 1 is 1.13 bits per heavy atom. The van der Waals surface area contributed by atoms with Crippen LogP contribution in [0.5, 0.6) is 0 Å². The number of nitrogens with zero attached hydrogens (tertiary/aromatic N) is 3. The number of rotatable bonds is 2. The van der Waals surface area contributed by atoms with E-state index in [-0.39, 0.29) is 29.9 Å². The van der Waals surface area contributed by atoms with Crippen molar-refractivity contribution in [3.63, 3.8) is 0 Å². The van der Waals surface area contributed by atoms with E-state index in [2.05, 4.69) is 5.32 Å². The molecule has 1 unspecified atom stereocenters. The van der Waals surface area contributed by atoms with Gasteiger partial charge in [0, 0.05) is 12.1 Å². The van der Waals surface area contributed by atoms with Crippen LogP contribution in [0.4, 0.5) is 23.7 Å². The van der Waals surface area contributed by atoms with Gasteiger partial charge in [-0.25, -0.2) is 9.86 Å². The summed E-state index contributed by atoms with van der Waals surface area (Å²) in [6.07, 6.45) is -4.54. The molecular weight excluding hydrogens is 413 g/mol. The first kappa shape index (κ1) is 20.4. The zero-order valence-electron chi connectivity index (χ0n) is 15.8. The van der Waals surface area contributed by atoms with Gasteiger partial charge < -0.3 is 5.32 Å². The van der Waals surface area contributed by atoms with E-state index in [9.17, 15) is 28.0 Å². The maximum atomic E-state index is 13.2. The van der Waals surface area contributed by atoms with Gasteiger partial charge in [-0.3, -0.25) is 14.9 Å². The minimum atomic E-state index is -4.60. The third kappa shape index (κ3) is 3.60. The third-order valence-electron chi connectivity index (χ3n) is 5.17. The fourth-order valence-electron chi connectivity index (χ4n) is 3.71. The summed E-state index contributed by atoms with van der Waals surface area (Å²) in [6.45, 7) is -0.111. The Labute approximate surface area is 174 Å². The van der Waals surface area contributed by atoms with Crippen molar-refractivity contribution in [2.45, 2.75) is 18.6 Å². The van der Waals surface area contributed by atoms with Gasteiger partial charge in [-0.1, -0.05) is 18.2 Å². The second-order valence-electron chi connectivity index (χ2n) is 7.04. The molecule has 0 radical (unpaired) electrons. The quantitative estimate of drug-likeness (QED) is 0.713. The molecule has 2 aliphatic heterocycles. The highest BCUT2D eigenvalue weighted by Crippen LogP contribution is 2.39. The summed E-state index contributed by atoms with van der Waals surface area (Å²) < 4.78 is 39.5. The smallest absolute Gasteiger partial charge is 0.326 e. The zero-order valence-corrected chi connectivity index (χ0v) is 15.8. The van der Waals surface area contributed by atoms with E-state index >= 15 is 0 Å². The van der Waals surface area contributed by atoms with Crippen molar-refractivity contribution in [2.24, 2.45) is 0 Å². The Bertz CT molecular complexity index is 1140. The fraction of sp³-hybridized carbons (Fsp3) is 0.190. The molecule has 0 bridgehead atoms. The lowest BCUT2D eigenvalue weighted by molar-refractivity contribution is -0.162. The molecule has 3 amide bonds. The number of halogens is 3. The lowest BCUT2D eigenvalue weighted by Crippen LogP contribution is -2.53. The highest BCUT2D eigenvalue weighted by molar-refractivity contribution is 6.05. The number of carbonyl (C=O) groups is 2. The molecule has 4 rings (SSSR count). The molecule has 158 valence electrons. The number of benzene rings is 2. The van der Waals surface area contributed by atoms with E-state index in [1.165, 1.54) is 24.3 Å². The van der Waals surface area contributed by atoms with Gasteiger partial charge in [0.25, 0.3) is 5.91 Å². The molecule has 0 saturated carbocycles. The summed E-state index contributed by atoms with van der Waals surface area (Å²) in [4.78, 5) is 26.8. The van der Waals surface area contributed by atoms with Crippen molar-refractivity contribution in [1.29, 1.82) is 5.26 Å². The Balaban J connectivity index is 1.85. The SMILES string of the molecule is N#Cc1ccc(C2NC(=O)N(c3cccc(C(F)(F)F)c3)C3=C2C(=O)N(O)CC3)cc1. The van der Waals surface area contributed by atoms with E-state index in [4.69, 9.17) is 5.26 Å². The average molecular weight is 428 g/mol. The second-order valence-corrected chi connectivity index (χ2v) is 7.04. The summed E-state index contributed by atoms with van der Waals surface area (Å²) >= 11 is 0. The van der Waals surface area contributed by atoms with Crippen LogP contribution in [0.15, 0.2) is 59.8 Å². The lowest BCUT2D eigenvalue weighted by atomic mass is 9.90. The zero-order chi connectivity index (χ0) is 22.3. The van der Waals surface area contributed by atoms with Crippen molar-refractivity contribution in [2.75, 3.05) is 11.4 Å². The van der Waals surface area contributed by atoms with Crippen molar-refractivity contribution in [1.82, 2.24) is 10.4 Å². The highest BCUT2D eigenvalue weighted by Gasteiger charge is 2.42. The van der Waals surface area contributed by atoms with Crippen LogP contribution in [-0.4, -0.2) is 28.8 Å². The van der Waals surface area contributed by atoms with Crippen molar-refractivity contribution in [3.8, 4) is 6.07 Å². The minimum Gasteiger partial charge on any atom is -0.326 e. The Kier molecular flexibility index (Phi) is 4.91. The van der Waals surface area contributed by atoms with Gasteiger partial charge in [0.15, 0.2) is 0 Å². The lowest BCUT2D eigenvalue weighted by Gasteiger charge is -2.40. The highest BCUT2D eigenvalue weighted by atomic mass is 19.4. The second kappa shape index (κ2) is 7.45. The van der Waals surface area contributed by atoms with Crippen molar-refractivity contribution in [3.05, 3.63) is 76.5 Å². The summed E-state index contributed by atoms with van der Waals surface area (Å²) in [6, 6.07) is 10.8. The van der Waals surface area contributed by atoms with Crippen LogP contribution in [0.1, 0.15) is 29.2 Å². The standard InChI is InChI=1S/C21H15F3N4O3/c22-21(23,24)14-2-1-3-15(10-14)28-16-8-9-27(31)19(29)17(16)18(26-20(28)30)13-6-4-12(11-25)5-7-13/h1-7,10,18,31H,8-9H2,(H,26,30). The van der Waals surface area contributed by atoms with Crippen LogP contribution in [0, 0.1) is 11.3 Å². The first-order valence-electron chi connectivity index (χ1n) is 9.22. The summed E-state index contributed by atoms with van der Waals surface area (Å²) in [7, 11) is 0. The minimum absolute atomic E-state index is 0.0442. The van der Waals surface area contributed by atoms with Crippen molar-refractivity contribution < 1.29 is 28.0 Å². The monoisotopic (exact) mass is 428 g/mol. The summed E-state index contributed by atoms with van der Waals surface area (Å²) in [5.74, 6) is -0.757. The van der Waals surface area contributed by atoms with Crippen LogP contribution in [-0.2, 0) is 11.0 Å². The molecule has 2 heterocycles. The summed E-state index contributed by atoms with van der Waals surface area (Å²) in [5.41, 5.74) is 0.164. The number of nitriles is 1. The predicted molar refractivity (Wildman–Crippen MR) is 101 cm³/mol. The molecule has 0 aliphatic carbocycles.